The molecule has 1 aliphatic rings. The Balaban J connectivity index is 0.00000625. The van der Waals surface area contributed by atoms with Gasteiger partial charge in [0.2, 0.25) is 0 Å². The van der Waals surface area contributed by atoms with E-state index in [1.54, 1.807) is 0 Å². The van der Waals surface area contributed by atoms with E-state index < -0.39 is 8.32 Å². The molecular formula is C22H43LiO2Si. The summed E-state index contributed by atoms with van der Waals surface area (Å²) in [7, 11) is -1.72. The molecule has 2 nitrogen and oxygen atoms in total. The van der Waals surface area contributed by atoms with Crippen molar-refractivity contribution < 1.29 is 28.0 Å². The van der Waals surface area contributed by atoms with E-state index in [-0.39, 0.29) is 18.9 Å². The first kappa shape index (κ1) is 26.5. The van der Waals surface area contributed by atoms with Crippen molar-refractivity contribution in [1.29, 1.82) is 0 Å². The van der Waals surface area contributed by atoms with Gasteiger partial charge in [-0.1, -0.05) is 54.0 Å². The van der Waals surface area contributed by atoms with Gasteiger partial charge in [-0.15, -0.1) is 6.08 Å². The Kier molecular flexibility index (Phi) is 12.3. The van der Waals surface area contributed by atoms with Gasteiger partial charge < -0.3 is 16.1 Å². The summed E-state index contributed by atoms with van der Waals surface area (Å²) in [4.78, 5) is 0. The van der Waals surface area contributed by atoms with Gasteiger partial charge >= 0.3 is 18.9 Å². The first-order chi connectivity index (χ1) is 11.7. The minimum atomic E-state index is -1.72. The average Bonchev–Trinajstić information content (AvgIpc) is 2.87. The minimum absolute atomic E-state index is 0. The van der Waals surface area contributed by atoms with Crippen LogP contribution in [0.4, 0.5) is 0 Å². The van der Waals surface area contributed by atoms with Crippen LogP contribution >= 0.6 is 0 Å². The number of ether oxygens (including phenoxy) is 1. The Bertz CT molecular complexity index is 399. The molecule has 0 aliphatic carbocycles. The average molecular weight is 375 g/mol. The molecule has 1 fully saturated rings. The summed E-state index contributed by atoms with van der Waals surface area (Å²) >= 11 is 0. The van der Waals surface area contributed by atoms with Crippen LogP contribution in [0.1, 0.15) is 81.1 Å². The molecule has 0 amide bonds. The molecule has 0 radical (unpaired) electrons. The van der Waals surface area contributed by atoms with Crippen molar-refractivity contribution >= 4 is 8.32 Å². The molecule has 0 N–H and O–H groups in total. The van der Waals surface area contributed by atoms with Crippen LogP contribution in [-0.4, -0.2) is 27.1 Å². The molecule has 0 spiro atoms. The van der Waals surface area contributed by atoms with Gasteiger partial charge in [0.05, 0.1) is 12.2 Å². The predicted octanol–water partition coefficient (Wildman–Crippen LogP) is 3.93. The zero-order valence-electron chi connectivity index (χ0n) is 19.1. The van der Waals surface area contributed by atoms with Crippen molar-refractivity contribution in [2.24, 2.45) is 5.92 Å². The van der Waals surface area contributed by atoms with Gasteiger partial charge in [0.15, 0.2) is 8.32 Å². The second-order valence-corrected chi connectivity index (χ2v) is 14.4. The van der Waals surface area contributed by atoms with Gasteiger partial charge in [0, 0.05) is 6.61 Å². The van der Waals surface area contributed by atoms with Crippen LogP contribution in [0.2, 0.25) is 16.6 Å². The second kappa shape index (κ2) is 12.1. The SMILES string of the molecule is [CH2-]C/C=C(\C)[C@@H]1O[C@H](CCCO[Si](C(C)C)(C(C)C)C(C)C)C[C@H]1C.[Li+]. The van der Waals surface area contributed by atoms with Crippen LogP contribution in [0.25, 0.3) is 0 Å². The fourth-order valence-corrected chi connectivity index (χ4v) is 10.6. The summed E-state index contributed by atoms with van der Waals surface area (Å²) in [5, 5.41) is 0. The monoisotopic (exact) mass is 374 g/mol. The fraction of sp³-hybridized carbons (Fsp3) is 0.864. The molecule has 26 heavy (non-hydrogen) atoms. The molecule has 4 heteroatoms. The van der Waals surface area contributed by atoms with Crippen molar-refractivity contribution in [2.75, 3.05) is 6.61 Å². The van der Waals surface area contributed by atoms with E-state index in [1.165, 1.54) is 12.0 Å². The summed E-state index contributed by atoms with van der Waals surface area (Å²) in [5.74, 6) is 0.615. The van der Waals surface area contributed by atoms with Crippen molar-refractivity contribution in [1.82, 2.24) is 0 Å². The van der Waals surface area contributed by atoms with Crippen LogP contribution in [0, 0.1) is 12.8 Å². The van der Waals surface area contributed by atoms with E-state index in [0.29, 0.717) is 34.7 Å². The maximum atomic E-state index is 6.68. The quantitative estimate of drug-likeness (QED) is 0.250. The number of allylic oxidation sites excluding steroid dienone is 1. The first-order valence-corrected chi connectivity index (χ1v) is 12.6. The summed E-state index contributed by atoms with van der Waals surface area (Å²) in [5.41, 5.74) is 3.34. The molecule has 148 valence electrons. The molecule has 0 bridgehead atoms. The molecule has 1 saturated heterocycles. The number of hydrogen-bond donors (Lipinski definition) is 0. The summed E-state index contributed by atoms with van der Waals surface area (Å²) < 4.78 is 13.0. The van der Waals surface area contributed by atoms with Crippen LogP contribution in [-0.2, 0) is 9.16 Å². The molecule has 0 aromatic rings. The Morgan fingerprint density at radius 3 is 2.15 bits per heavy atom. The molecular weight excluding hydrogens is 331 g/mol. The van der Waals surface area contributed by atoms with E-state index in [1.807, 2.05) is 0 Å². The van der Waals surface area contributed by atoms with E-state index >= 15 is 0 Å². The maximum Gasteiger partial charge on any atom is 1.00 e. The van der Waals surface area contributed by atoms with Gasteiger partial charge in [0.25, 0.3) is 0 Å². The Labute approximate surface area is 177 Å². The van der Waals surface area contributed by atoms with Gasteiger partial charge in [-0.25, -0.2) is 0 Å². The molecule has 3 atom stereocenters. The second-order valence-electron chi connectivity index (χ2n) is 8.94. The van der Waals surface area contributed by atoms with Gasteiger partial charge in [-0.05, 0) is 48.7 Å². The normalized spacial score (nSPS) is 24.6. The van der Waals surface area contributed by atoms with Gasteiger partial charge in [0.1, 0.15) is 0 Å². The third-order valence-electron chi connectivity index (χ3n) is 6.14. The molecule has 1 aliphatic heterocycles. The van der Waals surface area contributed by atoms with Crippen LogP contribution < -0.4 is 18.9 Å². The Hall–Kier alpha value is 0.474. The van der Waals surface area contributed by atoms with Crippen LogP contribution in [0.3, 0.4) is 0 Å². The standard InChI is InChI=1S/C22H43O2Si.Li/c1-10-12-19(8)22-20(9)15-21(24-22)13-11-14-23-25(16(2)3,17(4)5)18(6)7;/h12,16-18,20-22H,1,10-11,13-15H2,2-9H3;/q-1;+1/b19-12+;/t20-,21-,22+;/m1./s1. The van der Waals surface area contributed by atoms with E-state index in [0.717, 1.165) is 25.9 Å². The minimum Gasteiger partial charge on any atom is -0.416 e. The van der Waals surface area contributed by atoms with Crippen molar-refractivity contribution in [3.05, 3.63) is 18.6 Å². The van der Waals surface area contributed by atoms with Gasteiger partial charge in [-0.2, -0.15) is 6.42 Å². The molecule has 0 aromatic heterocycles. The number of rotatable bonds is 10. The largest absolute Gasteiger partial charge is 1.00 e. The maximum absolute atomic E-state index is 6.68. The zero-order chi connectivity index (χ0) is 19.2. The smallest absolute Gasteiger partial charge is 0.416 e. The summed E-state index contributed by atoms with van der Waals surface area (Å²) in [6.07, 6.45) is 7.16. The topological polar surface area (TPSA) is 18.5 Å². The molecule has 1 rings (SSSR count). The van der Waals surface area contributed by atoms with Crippen LogP contribution in [0.15, 0.2) is 11.6 Å². The number of hydrogen-bond acceptors (Lipinski definition) is 2. The fourth-order valence-electron chi connectivity index (χ4n) is 5.08. The van der Waals surface area contributed by atoms with Crippen LogP contribution in [0.5, 0.6) is 0 Å². The summed E-state index contributed by atoms with van der Waals surface area (Å²) in [6.45, 7) is 23.5. The molecule has 1 heterocycles. The predicted molar refractivity (Wildman–Crippen MR) is 112 cm³/mol. The summed E-state index contributed by atoms with van der Waals surface area (Å²) in [6, 6.07) is 0. The first-order valence-electron chi connectivity index (χ1n) is 10.4. The zero-order valence-corrected chi connectivity index (χ0v) is 20.1. The third kappa shape index (κ3) is 6.52. The van der Waals surface area contributed by atoms with Crippen molar-refractivity contribution in [3.63, 3.8) is 0 Å². The Morgan fingerprint density at radius 2 is 1.69 bits per heavy atom. The van der Waals surface area contributed by atoms with E-state index in [9.17, 15) is 0 Å². The molecule has 0 aromatic carbocycles. The van der Waals surface area contributed by atoms with Gasteiger partial charge in [-0.3, -0.25) is 0 Å². The molecule has 0 saturated carbocycles. The van der Waals surface area contributed by atoms with Crippen molar-refractivity contribution in [2.45, 2.75) is 110 Å². The Morgan fingerprint density at radius 1 is 1.15 bits per heavy atom. The van der Waals surface area contributed by atoms with E-state index in [2.05, 4.69) is 68.4 Å². The van der Waals surface area contributed by atoms with E-state index in [4.69, 9.17) is 9.16 Å². The third-order valence-corrected chi connectivity index (χ3v) is 12.3. The molecule has 0 unspecified atom stereocenters. The van der Waals surface area contributed by atoms with Crippen molar-refractivity contribution in [3.8, 4) is 0 Å².